The number of phenolic OH excluding ortho intramolecular Hbond substituents is 1. The highest BCUT2D eigenvalue weighted by molar-refractivity contribution is 7.85. The van der Waals surface area contributed by atoms with Crippen molar-refractivity contribution in [2.75, 3.05) is 38.5 Å². The number of nitrogens with one attached hydrogen (secondary N) is 8. The lowest BCUT2D eigenvalue weighted by molar-refractivity contribution is -0.139. The molecule has 64 heavy (non-hydrogen) atoms. The molecule has 14 N–H and O–H groups in total. The van der Waals surface area contributed by atoms with Gasteiger partial charge in [0, 0.05) is 36.9 Å². The normalized spacial score (nSPS) is 28.5. The number of aromatic nitrogens is 1. The lowest BCUT2D eigenvalue weighted by Crippen LogP contribution is -2.59. The molecule has 3 aliphatic heterocycles. The molecular formula is C39H54N10O14S. The summed E-state index contributed by atoms with van der Waals surface area (Å²) in [5.74, 6) is -13.2. The average molecular weight is 919 g/mol. The third-order valence-electron chi connectivity index (χ3n) is 11.6. The van der Waals surface area contributed by atoms with E-state index >= 15 is 0 Å². The van der Waals surface area contributed by atoms with Crippen LogP contribution in [0.15, 0.2) is 23.2 Å². The van der Waals surface area contributed by atoms with E-state index in [1.54, 1.807) is 13.8 Å². The predicted octanol–water partition coefficient (Wildman–Crippen LogP) is -6.06. The fourth-order valence-electron chi connectivity index (χ4n) is 7.65. The summed E-state index contributed by atoms with van der Waals surface area (Å²) in [7, 11) is -2.38. The summed E-state index contributed by atoms with van der Waals surface area (Å²) in [6.45, 7) is 1.27. The van der Waals surface area contributed by atoms with Gasteiger partial charge in [-0.2, -0.15) is 0 Å². The Morgan fingerprint density at radius 2 is 1.53 bits per heavy atom. The molecule has 11 atom stereocenters. The van der Waals surface area contributed by atoms with E-state index in [1.807, 2.05) is 0 Å². The van der Waals surface area contributed by atoms with Crippen molar-refractivity contribution in [2.24, 2.45) is 23.5 Å². The van der Waals surface area contributed by atoms with Crippen molar-refractivity contribution in [2.45, 2.75) is 87.5 Å². The van der Waals surface area contributed by atoms with Gasteiger partial charge in [-0.25, -0.2) is 0 Å². The molecule has 9 amide bonds. The molecule has 0 radical (unpaired) electrons. The first-order valence-corrected chi connectivity index (χ1v) is 21.9. The second-order valence-electron chi connectivity index (χ2n) is 16.2. The van der Waals surface area contributed by atoms with E-state index in [-0.39, 0.29) is 27.2 Å². The number of hydrogen-bond donors (Lipinski definition) is 13. The van der Waals surface area contributed by atoms with Crippen LogP contribution in [0, 0.1) is 17.8 Å². The zero-order valence-electron chi connectivity index (χ0n) is 35.2. The summed E-state index contributed by atoms with van der Waals surface area (Å²) in [6, 6.07) is -4.30. The fourth-order valence-corrected chi connectivity index (χ4v) is 9.05. The van der Waals surface area contributed by atoms with E-state index in [1.165, 1.54) is 25.1 Å². The number of aliphatic hydroxyl groups is 3. The molecule has 0 aliphatic carbocycles. The highest BCUT2D eigenvalue weighted by atomic mass is 32.2. The Morgan fingerprint density at radius 1 is 0.859 bits per heavy atom. The largest absolute Gasteiger partial charge is 0.508 e. The maximum atomic E-state index is 14.6. The van der Waals surface area contributed by atoms with E-state index in [0.29, 0.717) is 6.42 Å². The smallest absolute Gasteiger partial charge is 0.245 e. The molecule has 1 fully saturated rings. The number of benzene rings is 1. The second-order valence-corrected chi connectivity index (χ2v) is 17.6. The van der Waals surface area contributed by atoms with Crippen molar-refractivity contribution >= 4 is 74.9 Å². The highest BCUT2D eigenvalue weighted by Gasteiger charge is 2.44. The number of phenols is 1. The number of hydrogen-bond acceptors (Lipinski definition) is 14. The maximum Gasteiger partial charge on any atom is 0.245 e. The third-order valence-corrected chi connectivity index (χ3v) is 13.0. The van der Waals surface area contributed by atoms with Gasteiger partial charge in [-0.05, 0) is 23.6 Å². The Bertz CT molecular complexity index is 2200. The molecule has 1 aromatic heterocycles. The lowest BCUT2D eigenvalue weighted by Gasteiger charge is -2.30. The number of primary amides is 1. The van der Waals surface area contributed by atoms with Gasteiger partial charge in [0.25, 0.3) is 0 Å². The SMILES string of the molecule is CC[C@H](C)[C@@H]1NC(=O)CNC(=O)[C@H]2Cc3c([nH]c4cc(O)ccc34)[S@@](=O)C[C@@H](NC(=O)CNC1=O)C(=O)N[C@H](CC(N)=O)C(=O)N1C[C@H](O)[C@@H](C1)C(=O)N[C@@H]([C@@H](C)[C@@H](O)CO)C(=O)N2. The minimum absolute atomic E-state index is 0.0749. The standard InChI is InChI=1S/C39H54N10O14S/c1-4-16(2)31-36(60)42-10-29(55)43-25-15-64(63)38-20(19-6-5-18(51)7-22(19)46-38)8-23(34(58)41-11-30(56)47-31)44-37(61)32(17(3)27(53)14-50)48-33(57)21-12-49(13-26(21)52)39(62)24(9-28(40)54)45-35(25)59/h5-7,16-17,21,23-27,31-32,46,50-53H,4,8-15H2,1-3H3,(H2,40,54)(H,41,58)(H,42,60)(H,43,55)(H,44,61)(H,45,59)(H,47,56)(H,48,57)/t16-,17-,21+,23+,24+,25+,26-,27-,31-,32-,64-/m0/s1. The number of nitrogens with zero attached hydrogens (tertiary/aromatic N) is 1. The van der Waals surface area contributed by atoms with Crippen LogP contribution in [0.4, 0.5) is 0 Å². The molecule has 2 aromatic rings. The number of carbonyl (C=O) groups is 9. The van der Waals surface area contributed by atoms with Crippen molar-refractivity contribution in [3.8, 4) is 5.75 Å². The van der Waals surface area contributed by atoms with Gasteiger partial charge >= 0.3 is 0 Å². The van der Waals surface area contributed by atoms with Crippen molar-refractivity contribution in [3.05, 3.63) is 23.8 Å². The van der Waals surface area contributed by atoms with Crippen LogP contribution in [0.2, 0.25) is 0 Å². The minimum Gasteiger partial charge on any atom is -0.508 e. The summed E-state index contributed by atoms with van der Waals surface area (Å²) < 4.78 is 14.6. The van der Waals surface area contributed by atoms with Crippen LogP contribution in [0.5, 0.6) is 5.75 Å². The molecule has 25 heteroatoms. The topological polar surface area (TPSA) is 381 Å². The molecule has 3 aliphatic rings. The van der Waals surface area contributed by atoms with E-state index in [4.69, 9.17) is 5.73 Å². The molecule has 1 aromatic carbocycles. The Hall–Kier alpha value is -6.18. The fraction of sp³-hybridized carbons (Fsp3) is 0.564. The minimum atomic E-state index is -2.38. The zero-order chi connectivity index (χ0) is 47.2. The lowest BCUT2D eigenvalue weighted by atomic mass is 9.93. The molecule has 4 heterocycles. The molecule has 0 unspecified atom stereocenters. The maximum absolute atomic E-state index is 14.6. The van der Waals surface area contributed by atoms with E-state index in [2.05, 4.69) is 42.2 Å². The number of H-pyrrole nitrogens is 1. The summed E-state index contributed by atoms with van der Waals surface area (Å²) >= 11 is 0. The van der Waals surface area contributed by atoms with Crippen LogP contribution >= 0.6 is 0 Å². The van der Waals surface area contributed by atoms with Gasteiger partial charge in [0.05, 0.1) is 66.3 Å². The summed E-state index contributed by atoms with van der Waals surface area (Å²) in [5.41, 5.74) is 5.70. The van der Waals surface area contributed by atoms with Gasteiger partial charge in [-0.1, -0.05) is 27.2 Å². The number of aromatic hydroxyl groups is 1. The highest BCUT2D eigenvalue weighted by Crippen LogP contribution is 2.30. The number of aromatic amines is 1. The van der Waals surface area contributed by atoms with Crippen molar-refractivity contribution in [1.82, 2.24) is 47.1 Å². The zero-order valence-corrected chi connectivity index (χ0v) is 36.0. The second kappa shape index (κ2) is 21.0. The van der Waals surface area contributed by atoms with Gasteiger partial charge in [-0.3, -0.25) is 47.4 Å². The molecule has 350 valence electrons. The van der Waals surface area contributed by atoms with Gasteiger partial charge in [-0.15, -0.1) is 0 Å². The van der Waals surface area contributed by atoms with Crippen molar-refractivity contribution in [1.29, 1.82) is 0 Å². The van der Waals surface area contributed by atoms with Crippen LogP contribution in [0.25, 0.3) is 10.9 Å². The predicted molar refractivity (Wildman–Crippen MR) is 222 cm³/mol. The first-order valence-electron chi connectivity index (χ1n) is 20.5. The Labute approximate surface area is 368 Å². The number of carbonyl (C=O) groups excluding carboxylic acids is 9. The van der Waals surface area contributed by atoms with Crippen molar-refractivity contribution < 1.29 is 67.8 Å². The van der Waals surface area contributed by atoms with E-state index in [9.17, 15) is 67.8 Å². The third kappa shape index (κ3) is 11.5. The van der Waals surface area contributed by atoms with Gasteiger partial charge < -0.3 is 73.3 Å². The monoisotopic (exact) mass is 918 g/mol. The molecule has 1 saturated heterocycles. The van der Waals surface area contributed by atoms with Crippen LogP contribution < -0.4 is 43.0 Å². The van der Waals surface area contributed by atoms with Gasteiger partial charge in [0.1, 0.15) is 41.0 Å². The number of rotatable bonds is 7. The van der Waals surface area contributed by atoms with Crippen LogP contribution in [-0.4, -0.2) is 169 Å². The molecule has 24 nitrogen and oxygen atoms in total. The Morgan fingerprint density at radius 3 is 2.19 bits per heavy atom. The molecule has 5 rings (SSSR count). The van der Waals surface area contributed by atoms with Crippen LogP contribution in [-0.2, 0) is 60.4 Å². The number of fused-ring (bicyclic) bond motifs is 6. The first kappa shape index (κ1) is 48.8. The Balaban J connectivity index is 1.72. The number of aliphatic hydroxyl groups excluding tert-OH is 3. The van der Waals surface area contributed by atoms with Crippen molar-refractivity contribution in [3.63, 3.8) is 0 Å². The van der Waals surface area contributed by atoms with Crippen LogP contribution in [0.1, 0.15) is 39.2 Å². The van der Waals surface area contributed by atoms with Crippen LogP contribution in [0.3, 0.4) is 0 Å². The number of nitrogens with two attached hydrogens (primary N) is 1. The quantitative estimate of drug-likeness (QED) is 0.123. The summed E-state index contributed by atoms with van der Waals surface area (Å²) in [5, 5.41) is 59.1. The van der Waals surface area contributed by atoms with E-state index in [0.717, 1.165) is 4.90 Å². The van der Waals surface area contributed by atoms with E-state index < -0.39 is 176 Å². The first-order chi connectivity index (χ1) is 30.2. The molecule has 0 saturated carbocycles. The summed E-state index contributed by atoms with van der Waals surface area (Å²) in [6.07, 6.45) is -4.18. The van der Waals surface area contributed by atoms with Gasteiger partial charge in [0.15, 0.2) is 0 Å². The average Bonchev–Trinajstić information content (AvgIpc) is 3.82. The summed E-state index contributed by atoms with van der Waals surface area (Å²) in [4.78, 5) is 127. The molecule has 4 bridgehead atoms. The molecule has 0 spiro atoms. The Kier molecular flexibility index (Phi) is 16.0. The van der Waals surface area contributed by atoms with Gasteiger partial charge in [0.2, 0.25) is 53.2 Å². The number of amides is 9. The molecular weight excluding hydrogens is 865 g/mol.